The van der Waals surface area contributed by atoms with Crippen LogP contribution >= 0.6 is 35.6 Å². The molecule has 0 saturated heterocycles. The summed E-state index contributed by atoms with van der Waals surface area (Å²) in [4.78, 5) is 12.3. The lowest BCUT2D eigenvalue weighted by Gasteiger charge is -2.30. The fourth-order valence-electron chi connectivity index (χ4n) is 2.83. The number of carbonyl (C=O) groups is 1. The number of hydrogen-bond acceptors (Lipinski definition) is 2. The smallest absolute Gasteiger partial charge is 0.253 e. The van der Waals surface area contributed by atoms with Crippen molar-refractivity contribution >= 4 is 41.5 Å². The summed E-state index contributed by atoms with van der Waals surface area (Å²) in [5.74, 6) is 0.302. The Morgan fingerprint density at radius 3 is 2.52 bits per heavy atom. The molecule has 1 aromatic carbocycles. The molecule has 2 rings (SSSR count). The van der Waals surface area contributed by atoms with Crippen LogP contribution in [0.5, 0.6) is 0 Å². The van der Waals surface area contributed by atoms with Crippen LogP contribution < -0.4 is 11.1 Å². The summed E-state index contributed by atoms with van der Waals surface area (Å²) in [7, 11) is 0. The van der Waals surface area contributed by atoms with Crippen molar-refractivity contribution in [3.63, 3.8) is 0 Å². The minimum absolute atomic E-state index is 0. The van der Waals surface area contributed by atoms with Gasteiger partial charge in [0.05, 0.1) is 10.6 Å². The monoisotopic (exact) mass is 350 g/mol. The number of nitrogens with one attached hydrogen (secondary N) is 1. The lowest BCUT2D eigenvalue weighted by atomic mass is 9.84. The highest BCUT2D eigenvalue weighted by Gasteiger charge is 2.24. The number of amides is 1. The summed E-state index contributed by atoms with van der Waals surface area (Å²) >= 11 is 11.9. The maximum atomic E-state index is 12.3. The van der Waals surface area contributed by atoms with Crippen LogP contribution in [-0.2, 0) is 0 Å². The molecular formula is C15H21Cl3N2O. The topological polar surface area (TPSA) is 55.1 Å². The molecule has 21 heavy (non-hydrogen) atoms. The predicted molar refractivity (Wildman–Crippen MR) is 90.6 cm³/mol. The lowest BCUT2D eigenvalue weighted by Crippen LogP contribution is -2.46. The van der Waals surface area contributed by atoms with Crippen LogP contribution in [0.1, 0.15) is 42.5 Å². The van der Waals surface area contributed by atoms with E-state index in [1.807, 2.05) is 0 Å². The summed E-state index contributed by atoms with van der Waals surface area (Å²) in [5, 5.41) is 3.91. The summed E-state index contributed by atoms with van der Waals surface area (Å²) in [5.41, 5.74) is 6.27. The van der Waals surface area contributed by atoms with Crippen LogP contribution in [0, 0.1) is 5.92 Å². The Hall–Kier alpha value is -0.480. The van der Waals surface area contributed by atoms with E-state index in [2.05, 4.69) is 5.32 Å². The van der Waals surface area contributed by atoms with E-state index in [0.717, 1.165) is 12.8 Å². The normalized spacial score (nSPS) is 16.9. The van der Waals surface area contributed by atoms with E-state index < -0.39 is 0 Å². The van der Waals surface area contributed by atoms with Gasteiger partial charge in [0.25, 0.3) is 5.91 Å². The molecule has 0 aromatic heterocycles. The molecule has 0 radical (unpaired) electrons. The third kappa shape index (κ3) is 5.03. The molecule has 1 aliphatic carbocycles. The molecule has 1 atom stereocenters. The van der Waals surface area contributed by atoms with Gasteiger partial charge < -0.3 is 11.1 Å². The van der Waals surface area contributed by atoms with Crippen molar-refractivity contribution in [1.82, 2.24) is 5.32 Å². The van der Waals surface area contributed by atoms with Crippen LogP contribution in [0.4, 0.5) is 0 Å². The minimum atomic E-state index is -0.173. The Morgan fingerprint density at radius 1 is 1.29 bits per heavy atom. The molecule has 3 nitrogen and oxygen atoms in total. The summed E-state index contributed by atoms with van der Waals surface area (Å²) in [6, 6.07) is 4.92. The van der Waals surface area contributed by atoms with Gasteiger partial charge in [0, 0.05) is 17.6 Å². The van der Waals surface area contributed by atoms with Crippen molar-refractivity contribution in [3.05, 3.63) is 33.8 Å². The van der Waals surface area contributed by atoms with Crippen molar-refractivity contribution in [3.8, 4) is 0 Å². The van der Waals surface area contributed by atoms with Crippen molar-refractivity contribution < 1.29 is 4.79 Å². The van der Waals surface area contributed by atoms with Crippen molar-refractivity contribution in [1.29, 1.82) is 0 Å². The van der Waals surface area contributed by atoms with E-state index in [9.17, 15) is 4.79 Å². The standard InChI is InChI=1S/C15H20Cl2N2O.ClH/c16-11-6-7-12(13(17)8-11)15(20)19-14(9-18)10-4-2-1-3-5-10;/h6-8,10,14H,1-5,9,18H2,(H,19,20);1H. The first-order chi connectivity index (χ1) is 9.61. The van der Waals surface area contributed by atoms with Gasteiger partial charge in [-0.2, -0.15) is 0 Å². The van der Waals surface area contributed by atoms with Crippen LogP contribution in [0.25, 0.3) is 0 Å². The van der Waals surface area contributed by atoms with Crippen molar-refractivity contribution in [2.24, 2.45) is 11.7 Å². The third-order valence-electron chi connectivity index (χ3n) is 3.97. The van der Waals surface area contributed by atoms with Gasteiger partial charge in [-0.05, 0) is 37.0 Å². The number of hydrogen-bond donors (Lipinski definition) is 2. The van der Waals surface area contributed by atoms with Crippen LogP contribution in [0.15, 0.2) is 18.2 Å². The van der Waals surface area contributed by atoms with E-state index in [1.54, 1.807) is 18.2 Å². The Labute approximate surface area is 142 Å². The van der Waals surface area contributed by atoms with Crippen LogP contribution in [-0.4, -0.2) is 18.5 Å². The van der Waals surface area contributed by atoms with E-state index in [0.29, 0.717) is 28.1 Å². The Morgan fingerprint density at radius 2 is 1.95 bits per heavy atom. The van der Waals surface area contributed by atoms with E-state index in [-0.39, 0.29) is 24.4 Å². The molecule has 1 unspecified atom stereocenters. The number of nitrogens with two attached hydrogens (primary N) is 1. The second-order valence-corrected chi connectivity index (χ2v) is 6.18. The van der Waals surface area contributed by atoms with Gasteiger partial charge in [-0.25, -0.2) is 0 Å². The van der Waals surface area contributed by atoms with Gasteiger partial charge >= 0.3 is 0 Å². The van der Waals surface area contributed by atoms with Gasteiger partial charge in [-0.15, -0.1) is 12.4 Å². The van der Waals surface area contributed by atoms with Crippen LogP contribution in [0.3, 0.4) is 0 Å². The number of carbonyl (C=O) groups excluding carboxylic acids is 1. The fourth-order valence-corrected chi connectivity index (χ4v) is 3.32. The molecule has 0 heterocycles. The van der Waals surface area contributed by atoms with Gasteiger partial charge in [-0.1, -0.05) is 42.5 Å². The molecule has 1 saturated carbocycles. The predicted octanol–water partition coefficient (Wildman–Crippen LogP) is 4.05. The summed E-state index contributed by atoms with van der Waals surface area (Å²) in [6.45, 7) is 0.460. The number of benzene rings is 1. The molecule has 1 aromatic rings. The number of rotatable bonds is 4. The molecular weight excluding hydrogens is 331 g/mol. The molecule has 0 aliphatic heterocycles. The first kappa shape index (κ1) is 18.6. The third-order valence-corrected chi connectivity index (χ3v) is 4.51. The van der Waals surface area contributed by atoms with Gasteiger partial charge in [0.2, 0.25) is 0 Å². The molecule has 0 bridgehead atoms. The zero-order valence-corrected chi connectivity index (χ0v) is 14.1. The summed E-state index contributed by atoms with van der Waals surface area (Å²) in [6.07, 6.45) is 6.00. The molecule has 1 aliphatic rings. The van der Waals surface area contributed by atoms with Crippen LogP contribution in [0.2, 0.25) is 10.0 Å². The average Bonchev–Trinajstić information content (AvgIpc) is 2.45. The highest BCUT2D eigenvalue weighted by Crippen LogP contribution is 2.27. The maximum Gasteiger partial charge on any atom is 0.253 e. The van der Waals surface area contributed by atoms with E-state index in [1.165, 1.54) is 19.3 Å². The first-order valence-corrected chi connectivity index (χ1v) is 7.83. The Bertz CT molecular complexity index is 476. The van der Waals surface area contributed by atoms with E-state index >= 15 is 0 Å². The highest BCUT2D eigenvalue weighted by molar-refractivity contribution is 6.36. The van der Waals surface area contributed by atoms with Crippen molar-refractivity contribution in [2.75, 3.05) is 6.54 Å². The minimum Gasteiger partial charge on any atom is -0.348 e. The van der Waals surface area contributed by atoms with Gasteiger partial charge in [0.15, 0.2) is 0 Å². The average molecular weight is 352 g/mol. The SMILES string of the molecule is Cl.NCC(NC(=O)c1ccc(Cl)cc1Cl)C1CCCCC1. The fraction of sp³-hybridized carbons (Fsp3) is 0.533. The molecule has 3 N–H and O–H groups in total. The zero-order valence-electron chi connectivity index (χ0n) is 11.8. The lowest BCUT2D eigenvalue weighted by molar-refractivity contribution is 0.0915. The van der Waals surface area contributed by atoms with Crippen molar-refractivity contribution in [2.45, 2.75) is 38.1 Å². The zero-order chi connectivity index (χ0) is 14.5. The van der Waals surface area contributed by atoms with E-state index in [4.69, 9.17) is 28.9 Å². The Kier molecular flexibility index (Phi) is 7.82. The maximum absolute atomic E-state index is 12.3. The van der Waals surface area contributed by atoms with Gasteiger partial charge in [0.1, 0.15) is 0 Å². The largest absolute Gasteiger partial charge is 0.348 e. The summed E-state index contributed by atoms with van der Waals surface area (Å²) < 4.78 is 0. The molecule has 6 heteroatoms. The highest BCUT2D eigenvalue weighted by atomic mass is 35.5. The molecule has 0 spiro atoms. The molecule has 1 fully saturated rings. The second kappa shape index (κ2) is 8.84. The molecule has 118 valence electrons. The first-order valence-electron chi connectivity index (χ1n) is 7.08. The number of halogens is 3. The molecule has 1 amide bonds. The van der Waals surface area contributed by atoms with Gasteiger partial charge in [-0.3, -0.25) is 4.79 Å². The quantitative estimate of drug-likeness (QED) is 0.859. The Balaban J connectivity index is 0.00000220. The second-order valence-electron chi connectivity index (χ2n) is 5.34.